The minimum Gasteiger partial charge on any atom is -0.496 e. The van der Waals surface area contributed by atoms with E-state index in [0.717, 1.165) is 16.9 Å². The number of rotatable bonds is 5. The van der Waals surface area contributed by atoms with Crippen molar-refractivity contribution in [3.63, 3.8) is 0 Å². The first-order valence-corrected chi connectivity index (χ1v) is 7.35. The van der Waals surface area contributed by atoms with Crippen LogP contribution in [0.1, 0.15) is 24.1 Å². The summed E-state index contributed by atoms with van der Waals surface area (Å²) in [6, 6.07) is 14.8. The molecular weight excluding hydrogens is 298 g/mol. The zero-order valence-electron chi connectivity index (χ0n) is 12.5. The summed E-state index contributed by atoms with van der Waals surface area (Å²) < 4.78 is 5.31. The van der Waals surface area contributed by atoms with Crippen LogP contribution in [0.5, 0.6) is 5.75 Å². The van der Waals surface area contributed by atoms with E-state index < -0.39 is 0 Å². The van der Waals surface area contributed by atoms with E-state index in [9.17, 15) is 4.79 Å². The van der Waals surface area contributed by atoms with Gasteiger partial charge in [0.1, 0.15) is 5.75 Å². The van der Waals surface area contributed by atoms with Crippen LogP contribution < -0.4 is 10.1 Å². The van der Waals surface area contributed by atoms with Crippen molar-refractivity contribution >= 4 is 23.6 Å². The Labute approximate surface area is 135 Å². The summed E-state index contributed by atoms with van der Waals surface area (Å²) in [6.07, 6.45) is 3.18. The van der Waals surface area contributed by atoms with Crippen molar-refractivity contribution in [1.29, 1.82) is 0 Å². The number of amides is 1. The molecule has 0 aromatic heterocycles. The van der Waals surface area contributed by atoms with Crippen molar-refractivity contribution in [3.05, 3.63) is 70.8 Å². The van der Waals surface area contributed by atoms with Crippen LogP contribution in [0.25, 0.3) is 6.08 Å². The van der Waals surface area contributed by atoms with Crippen LogP contribution in [-0.4, -0.2) is 13.0 Å². The summed E-state index contributed by atoms with van der Waals surface area (Å²) in [6.45, 7) is 1.92. The Hall–Kier alpha value is -2.26. The molecule has 0 aliphatic heterocycles. The van der Waals surface area contributed by atoms with Gasteiger partial charge in [-0.25, -0.2) is 0 Å². The van der Waals surface area contributed by atoms with Crippen molar-refractivity contribution in [2.24, 2.45) is 0 Å². The molecule has 0 radical (unpaired) electrons. The third-order valence-corrected chi connectivity index (χ3v) is 3.63. The molecule has 2 rings (SSSR count). The minimum atomic E-state index is -0.182. The van der Waals surface area contributed by atoms with Crippen molar-refractivity contribution in [2.75, 3.05) is 7.11 Å². The van der Waals surface area contributed by atoms with Crippen LogP contribution in [0, 0.1) is 0 Å². The van der Waals surface area contributed by atoms with Crippen molar-refractivity contribution < 1.29 is 9.53 Å². The Balaban J connectivity index is 2.04. The predicted molar refractivity (Wildman–Crippen MR) is 90.0 cm³/mol. The molecule has 0 fully saturated rings. The van der Waals surface area contributed by atoms with E-state index in [1.165, 1.54) is 6.08 Å². The topological polar surface area (TPSA) is 38.3 Å². The number of methoxy groups -OCH3 is 1. The SMILES string of the molecule is COc1ccccc1[C@@H](C)NC(=O)/C=C/c1ccccc1Cl. The molecule has 4 heteroatoms. The standard InChI is InChI=1S/C18H18ClNO2/c1-13(15-8-4-6-10-17(15)22-2)20-18(21)12-11-14-7-3-5-9-16(14)19/h3-13H,1-2H3,(H,20,21)/b12-11+/t13-/m1/s1. The number of carbonyl (C=O) groups is 1. The van der Waals surface area contributed by atoms with Crippen LogP contribution in [0.2, 0.25) is 5.02 Å². The molecule has 0 saturated heterocycles. The van der Waals surface area contributed by atoms with Crippen molar-refractivity contribution in [2.45, 2.75) is 13.0 Å². The molecule has 114 valence electrons. The van der Waals surface area contributed by atoms with Crippen LogP contribution in [0.15, 0.2) is 54.6 Å². The second-order valence-electron chi connectivity index (χ2n) is 4.83. The van der Waals surface area contributed by atoms with Crippen LogP contribution in [0.4, 0.5) is 0 Å². The Morgan fingerprint density at radius 3 is 2.59 bits per heavy atom. The first-order valence-electron chi connectivity index (χ1n) is 6.98. The molecule has 0 aliphatic rings. The zero-order chi connectivity index (χ0) is 15.9. The van der Waals surface area contributed by atoms with Gasteiger partial charge >= 0.3 is 0 Å². The van der Waals surface area contributed by atoms with Gasteiger partial charge in [0.15, 0.2) is 0 Å². The second-order valence-corrected chi connectivity index (χ2v) is 5.23. The molecule has 2 aromatic carbocycles. The lowest BCUT2D eigenvalue weighted by atomic mass is 10.1. The molecule has 0 saturated carbocycles. The quantitative estimate of drug-likeness (QED) is 0.838. The summed E-state index contributed by atoms with van der Waals surface area (Å²) >= 11 is 6.05. The highest BCUT2D eigenvalue weighted by molar-refractivity contribution is 6.32. The maximum absolute atomic E-state index is 12.0. The average molecular weight is 316 g/mol. The lowest BCUT2D eigenvalue weighted by Gasteiger charge is -2.16. The first-order chi connectivity index (χ1) is 10.6. The van der Waals surface area contributed by atoms with E-state index >= 15 is 0 Å². The van der Waals surface area contributed by atoms with Crippen LogP contribution >= 0.6 is 11.6 Å². The number of halogens is 1. The highest BCUT2D eigenvalue weighted by Gasteiger charge is 2.12. The van der Waals surface area contributed by atoms with E-state index in [2.05, 4.69) is 5.32 Å². The van der Waals surface area contributed by atoms with E-state index in [4.69, 9.17) is 16.3 Å². The molecule has 2 aromatic rings. The van der Waals surface area contributed by atoms with Gasteiger partial charge in [0.05, 0.1) is 13.2 Å². The van der Waals surface area contributed by atoms with E-state index in [1.54, 1.807) is 19.3 Å². The molecule has 22 heavy (non-hydrogen) atoms. The van der Waals surface area contributed by atoms with E-state index in [-0.39, 0.29) is 11.9 Å². The number of para-hydroxylation sites is 1. The molecule has 1 atom stereocenters. The highest BCUT2D eigenvalue weighted by atomic mass is 35.5. The van der Waals surface area contributed by atoms with Crippen molar-refractivity contribution in [3.8, 4) is 5.75 Å². The maximum atomic E-state index is 12.0. The largest absolute Gasteiger partial charge is 0.496 e. The lowest BCUT2D eigenvalue weighted by Crippen LogP contribution is -2.24. The zero-order valence-corrected chi connectivity index (χ0v) is 13.3. The van der Waals surface area contributed by atoms with Crippen LogP contribution in [0.3, 0.4) is 0 Å². The Kier molecular flexibility index (Phi) is 5.61. The number of ether oxygens (including phenoxy) is 1. The second kappa shape index (κ2) is 7.66. The maximum Gasteiger partial charge on any atom is 0.244 e. The van der Waals surface area contributed by atoms with Gasteiger partial charge < -0.3 is 10.1 Å². The molecule has 0 heterocycles. The van der Waals surface area contributed by atoms with Crippen LogP contribution in [-0.2, 0) is 4.79 Å². The summed E-state index contributed by atoms with van der Waals surface area (Å²) in [7, 11) is 1.62. The van der Waals surface area contributed by atoms with Crippen molar-refractivity contribution in [1.82, 2.24) is 5.32 Å². The molecule has 3 nitrogen and oxygen atoms in total. The molecule has 0 spiro atoms. The summed E-state index contributed by atoms with van der Waals surface area (Å²) in [4.78, 5) is 12.0. The lowest BCUT2D eigenvalue weighted by molar-refractivity contribution is -0.117. The predicted octanol–water partition coefficient (Wildman–Crippen LogP) is 4.24. The average Bonchev–Trinajstić information content (AvgIpc) is 2.54. The molecule has 0 aliphatic carbocycles. The van der Waals surface area contributed by atoms with Gasteiger partial charge in [-0.1, -0.05) is 48.0 Å². The number of hydrogen-bond donors (Lipinski definition) is 1. The van der Waals surface area contributed by atoms with E-state index in [1.807, 2.05) is 49.4 Å². The van der Waals surface area contributed by atoms with Gasteiger partial charge in [0.25, 0.3) is 0 Å². The fourth-order valence-electron chi connectivity index (χ4n) is 2.14. The summed E-state index contributed by atoms with van der Waals surface area (Å²) in [5, 5.41) is 3.53. The monoisotopic (exact) mass is 315 g/mol. The number of carbonyl (C=O) groups excluding carboxylic acids is 1. The number of benzene rings is 2. The normalized spacial score (nSPS) is 12.1. The van der Waals surface area contributed by atoms with Gasteiger partial charge in [-0.2, -0.15) is 0 Å². The molecular formula is C18H18ClNO2. The fraction of sp³-hybridized carbons (Fsp3) is 0.167. The van der Waals surface area contributed by atoms with Gasteiger partial charge in [-0.15, -0.1) is 0 Å². The number of nitrogens with one attached hydrogen (secondary N) is 1. The fourth-order valence-corrected chi connectivity index (χ4v) is 2.34. The third-order valence-electron chi connectivity index (χ3n) is 3.28. The smallest absolute Gasteiger partial charge is 0.244 e. The van der Waals surface area contributed by atoms with Gasteiger partial charge in [-0.3, -0.25) is 4.79 Å². The van der Waals surface area contributed by atoms with Gasteiger partial charge in [0.2, 0.25) is 5.91 Å². The highest BCUT2D eigenvalue weighted by Crippen LogP contribution is 2.24. The summed E-state index contributed by atoms with van der Waals surface area (Å²) in [5.74, 6) is 0.573. The third kappa shape index (κ3) is 4.12. The molecule has 1 amide bonds. The Bertz CT molecular complexity index is 682. The minimum absolute atomic E-state index is 0.153. The molecule has 1 N–H and O–H groups in total. The molecule has 0 unspecified atom stereocenters. The number of hydrogen-bond acceptors (Lipinski definition) is 2. The Morgan fingerprint density at radius 1 is 1.18 bits per heavy atom. The Morgan fingerprint density at radius 2 is 1.86 bits per heavy atom. The summed E-state index contributed by atoms with van der Waals surface area (Å²) in [5.41, 5.74) is 1.74. The first kappa shape index (κ1) is 16.1. The van der Waals surface area contributed by atoms with Gasteiger partial charge in [0, 0.05) is 16.7 Å². The molecule has 0 bridgehead atoms. The van der Waals surface area contributed by atoms with Gasteiger partial charge in [-0.05, 0) is 30.7 Å². The van der Waals surface area contributed by atoms with E-state index in [0.29, 0.717) is 5.02 Å².